The van der Waals surface area contributed by atoms with Crippen LogP contribution in [0.1, 0.15) is 114 Å². The Hall–Kier alpha value is -3.40. The fraction of sp³-hybridized carbons (Fsp3) is 0.564. The van der Waals surface area contributed by atoms with Gasteiger partial charge in [-0.1, -0.05) is 97.2 Å². The fourth-order valence-corrected chi connectivity index (χ4v) is 5.89. The largest absolute Gasteiger partial charge is 0.410 e. The molecule has 4 nitrogen and oxygen atoms in total. The van der Waals surface area contributed by atoms with Gasteiger partial charge in [-0.25, -0.2) is 0 Å². The SMILES string of the molecule is C=C1NC(C)(c2ccc(N(C)C)cc2)C(=C)N1CCCCCc1c(CCC)cc(C(C)(C#N)C(F)(F)F)cc1CCC.CCCC. The summed E-state index contributed by atoms with van der Waals surface area (Å²) < 4.78 is 41.8. The van der Waals surface area contributed by atoms with Crippen molar-refractivity contribution in [3.8, 4) is 6.07 Å². The zero-order chi connectivity index (χ0) is 34.7. The molecule has 1 fully saturated rings. The standard InChI is InChI=1S/C35H47F3N4.C4H10/c1-9-14-27-22-30(33(5,24-39)35(36,37)38)23-28(15-10-2)32(27)16-12-11-13-21-42-25(3)34(6,40-26(42)4)29-17-19-31(20-18-29)41(7)8;1-3-4-2/h17-20,22-23,40H,3-4,9-16,21H2,1-2,5-8H3;3-4H2,1-2H3. The van der Waals surface area contributed by atoms with Crippen molar-refractivity contribution >= 4 is 5.69 Å². The maximum atomic E-state index is 13.9. The van der Waals surface area contributed by atoms with Crippen molar-refractivity contribution in [1.29, 1.82) is 5.26 Å². The Morgan fingerprint density at radius 3 is 1.85 bits per heavy atom. The number of alkyl halides is 3. The van der Waals surface area contributed by atoms with Gasteiger partial charge in [0.05, 0.1) is 11.9 Å². The van der Waals surface area contributed by atoms with Crippen LogP contribution in [0.3, 0.4) is 0 Å². The molecule has 1 N–H and O–H groups in total. The predicted octanol–water partition coefficient (Wildman–Crippen LogP) is 10.3. The third-order valence-electron chi connectivity index (χ3n) is 9.23. The molecular formula is C39H57F3N4. The lowest BCUT2D eigenvalue weighted by Crippen LogP contribution is -2.38. The second kappa shape index (κ2) is 17.0. The van der Waals surface area contributed by atoms with Crippen LogP contribution in [0.2, 0.25) is 0 Å². The monoisotopic (exact) mass is 638 g/mol. The smallest absolute Gasteiger partial charge is 0.378 e. The first-order valence-corrected chi connectivity index (χ1v) is 17.0. The number of aryl methyl sites for hydroxylation is 2. The van der Waals surface area contributed by atoms with Gasteiger partial charge >= 0.3 is 6.18 Å². The molecule has 1 heterocycles. The number of rotatable bonds is 14. The molecule has 0 aliphatic carbocycles. The molecule has 0 spiro atoms. The Bertz CT molecular complexity index is 1310. The number of benzene rings is 2. The van der Waals surface area contributed by atoms with Gasteiger partial charge in [-0.15, -0.1) is 0 Å². The van der Waals surface area contributed by atoms with E-state index in [9.17, 15) is 18.4 Å². The average Bonchev–Trinajstić information content (AvgIpc) is 3.24. The summed E-state index contributed by atoms with van der Waals surface area (Å²) in [7, 11) is 4.05. The van der Waals surface area contributed by atoms with Crippen LogP contribution in [-0.2, 0) is 30.2 Å². The van der Waals surface area contributed by atoms with E-state index in [2.05, 4.69) is 73.3 Å². The molecule has 0 saturated carbocycles. The molecule has 1 saturated heterocycles. The lowest BCUT2D eigenvalue weighted by atomic mass is 9.78. The second-order valence-electron chi connectivity index (χ2n) is 13.1. The van der Waals surface area contributed by atoms with E-state index in [1.54, 1.807) is 18.2 Å². The number of hydrogen-bond donors (Lipinski definition) is 1. The fourth-order valence-electron chi connectivity index (χ4n) is 5.89. The van der Waals surface area contributed by atoms with Crippen LogP contribution in [0.4, 0.5) is 18.9 Å². The molecule has 0 radical (unpaired) electrons. The number of unbranched alkanes of at least 4 members (excludes halogenated alkanes) is 3. The quantitative estimate of drug-likeness (QED) is 0.209. The van der Waals surface area contributed by atoms with Gasteiger partial charge in [-0.3, -0.25) is 0 Å². The molecule has 0 bridgehead atoms. The summed E-state index contributed by atoms with van der Waals surface area (Å²) in [4.78, 5) is 4.24. The molecule has 7 heteroatoms. The minimum Gasteiger partial charge on any atom is -0.378 e. The third-order valence-corrected chi connectivity index (χ3v) is 9.23. The summed E-state index contributed by atoms with van der Waals surface area (Å²) in [5.41, 5.74) is 3.42. The molecule has 2 unspecified atom stereocenters. The van der Waals surface area contributed by atoms with E-state index in [-0.39, 0.29) is 5.56 Å². The zero-order valence-corrected chi connectivity index (χ0v) is 29.6. The van der Waals surface area contributed by atoms with E-state index in [1.807, 2.05) is 27.9 Å². The van der Waals surface area contributed by atoms with Crippen molar-refractivity contribution in [1.82, 2.24) is 10.2 Å². The van der Waals surface area contributed by atoms with E-state index in [0.717, 1.165) is 91.5 Å². The Balaban J connectivity index is 0.00000173. The molecule has 2 aromatic rings. The molecule has 1 aliphatic heterocycles. The van der Waals surface area contributed by atoms with E-state index in [1.165, 1.54) is 12.8 Å². The summed E-state index contributed by atoms with van der Waals surface area (Å²) in [6.45, 7) is 21.0. The highest BCUT2D eigenvalue weighted by Crippen LogP contribution is 2.42. The Morgan fingerprint density at radius 2 is 1.41 bits per heavy atom. The Kier molecular flexibility index (Phi) is 14.3. The molecule has 1 aliphatic rings. The van der Waals surface area contributed by atoms with Crippen molar-refractivity contribution < 1.29 is 13.2 Å². The van der Waals surface area contributed by atoms with E-state index in [4.69, 9.17) is 0 Å². The highest BCUT2D eigenvalue weighted by Gasteiger charge is 2.53. The van der Waals surface area contributed by atoms with Crippen molar-refractivity contribution in [3.63, 3.8) is 0 Å². The van der Waals surface area contributed by atoms with E-state index < -0.39 is 17.1 Å². The third kappa shape index (κ3) is 8.90. The van der Waals surface area contributed by atoms with Crippen LogP contribution in [0.5, 0.6) is 0 Å². The van der Waals surface area contributed by atoms with Crippen molar-refractivity contribution in [2.75, 3.05) is 25.5 Å². The minimum atomic E-state index is -4.64. The number of nitrogens with zero attached hydrogens (tertiary/aromatic N) is 3. The van der Waals surface area contributed by atoms with Crippen LogP contribution < -0.4 is 10.2 Å². The predicted molar refractivity (Wildman–Crippen MR) is 188 cm³/mol. The first-order valence-electron chi connectivity index (χ1n) is 17.0. The summed E-state index contributed by atoms with van der Waals surface area (Å²) in [6, 6.07) is 13.3. The summed E-state index contributed by atoms with van der Waals surface area (Å²) in [5, 5.41) is 13.1. The zero-order valence-electron chi connectivity index (χ0n) is 29.6. The molecule has 3 rings (SSSR count). The van der Waals surface area contributed by atoms with Gasteiger partial charge in [0.25, 0.3) is 0 Å². The van der Waals surface area contributed by atoms with Gasteiger partial charge in [0.1, 0.15) is 5.54 Å². The van der Waals surface area contributed by atoms with Gasteiger partial charge in [-0.2, -0.15) is 18.4 Å². The average molecular weight is 639 g/mol. The summed E-state index contributed by atoms with van der Waals surface area (Å²) >= 11 is 0. The first-order chi connectivity index (χ1) is 21.6. The van der Waals surface area contributed by atoms with Crippen LogP contribution in [0, 0.1) is 11.3 Å². The molecular weight excluding hydrogens is 581 g/mol. The maximum Gasteiger partial charge on any atom is 0.410 e. The first kappa shape index (κ1) is 38.8. The van der Waals surface area contributed by atoms with Crippen molar-refractivity contribution in [3.05, 3.63) is 88.9 Å². The number of nitriles is 1. The minimum absolute atomic E-state index is 0.0612. The molecule has 2 atom stereocenters. The van der Waals surface area contributed by atoms with Crippen LogP contribution >= 0.6 is 0 Å². The lowest BCUT2D eigenvalue weighted by Gasteiger charge is -2.28. The van der Waals surface area contributed by atoms with Crippen LogP contribution in [-0.4, -0.2) is 31.7 Å². The molecule has 2 aromatic carbocycles. The lowest BCUT2D eigenvalue weighted by molar-refractivity contribution is -0.168. The summed E-state index contributed by atoms with van der Waals surface area (Å²) in [5.74, 6) is 0.843. The van der Waals surface area contributed by atoms with Gasteiger partial charge in [0.15, 0.2) is 5.41 Å². The highest BCUT2D eigenvalue weighted by molar-refractivity contribution is 5.50. The van der Waals surface area contributed by atoms with Crippen molar-refractivity contribution in [2.24, 2.45) is 0 Å². The van der Waals surface area contributed by atoms with Crippen molar-refractivity contribution in [2.45, 2.75) is 123 Å². The second-order valence-corrected chi connectivity index (χ2v) is 13.1. The summed E-state index contributed by atoms with van der Waals surface area (Å²) in [6.07, 6.45) is 4.74. The number of nitrogens with one attached hydrogen (secondary N) is 1. The number of anilines is 1. The topological polar surface area (TPSA) is 42.3 Å². The van der Waals surface area contributed by atoms with Gasteiger partial charge in [-0.05, 0) is 85.9 Å². The molecule has 254 valence electrons. The molecule has 0 aromatic heterocycles. The number of hydrogen-bond acceptors (Lipinski definition) is 4. The highest BCUT2D eigenvalue weighted by atomic mass is 19.4. The molecule has 0 amide bonds. The maximum absolute atomic E-state index is 13.9. The van der Waals surface area contributed by atoms with Gasteiger partial charge in [0.2, 0.25) is 0 Å². The van der Waals surface area contributed by atoms with Crippen LogP contribution in [0.15, 0.2) is 61.1 Å². The normalized spacial score (nSPS) is 17.6. The molecule has 46 heavy (non-hydrogen) atoms. The number of halogens is 3. The van der Waals surface area contributed by atoms with E-state index in [0.29, 0.717) is 12.8 Å². The van der Waals surface area contributed by atoms with Gasteiger partial charge in [0, 0.05) is 32.0 Å². The Morgan fingerprint density at radius 1 is 0.870 bits per heavy atom. The van der Waals surface area contributed by atoms with Crippen LogP contribution in [0.25, 0.3) is 0 Å². The van der Waals surface area contributed by atoms with Gasteiger partial charge < -0.3 is 15.1 Å². The Labute approximate surface area is 277 Å². The van der Waals surface area contributed by atoms with E-state index >= 15 is 0 Å².